The Morgan fingerprint density at radius 2 is 1.77 bits per heavy atom. The van der Waals surface area contributed by atoms with Crippen LogP contribution in [0.2, 0.25) is 0 Å². The predicted octanol–water partition coefficient (Wildman–Crippen LogP) is 4.79. The molecular formula is C24H23N3O4. The Hall–Kier alpha value is -4.00. The number of phenolic OH excluding ortho intramolecular Hbond substituents is 1. The molecule has 7 nitrogen and oxygen atoms in total. The second-order valence-electron chi connectivity index (χ2n) is 7.03. The van der Waals surface area contributed by atoms with E-state index in [1.165, 1.54) is 5.01 Å². The average Bonchev–Trinajstić information content (AvgIpc) is 3.24. The van der Waals surface area contributed by atoms with E-state index in [0.717, 1.165) is 5.56 Å². The van der Waals surface area contributed by atoms with Crippen molar-refractivity contribution in [1.82, 2.24) is 5.01 Å². The van der Waals surface area contributed by atoms with Gasteiger partial charge in [-0.3, -0.25) is 0 Å². The number of rotatable bonds is 5. The molecular weight excluding hydrogens is 394 g/mol. The Bertz CT molecular complexity index is 1110. The molecule has 1 atom stereocenters. The Balaban J connectivity index is 1.72. The highest BCUT2D eigenvalue weighted by Gasteiger charge is 2.35. The summed E-state index contributed by atoms with van der Waals surface area (Å²) in [7, 11) is 3.17. The highest BCUT2D eigenvalue weighted by molar-refractivity contribution is 6.06. The van der Waals surface area contributed by atoms with Gasteiger partial charge in [-0.05, 0) is 30.3 Å². The van der Waals surface area contributed by atoms with Crippen LogP contribution < -0.4 is 14.8 Å². The number of anilines is 1. The quantitative estimate of drug-likeness (QED) is 0.625. The van der Waals surface area contributed by atoms with Crippen LogP contribution in [0.5, 0.6) is 17.2 Å². The zero-order chi connectivity index (χ0) is 21.8. The Labute approximate surface area is 180 Å². The smallest absolute Gasteiger partial charge is 0.342 e. The summed E-state index contributed by atoms with van der Waals surface area (Å²) < 4.78 is 10.8. The largest absolute Gasteiger partial charge is 0.508 e. The van der Waals surface area contributed by atoms with Gasteiger partial charge in [0, 0.05) is 29.3 Å². The molecule has 2 amide bonds. The number of nitrogens with one attached hydrogen (secondary N) is 1. The van der Waals surface area contributed by atoms with E-state index in [9.17, 15) is 9.90 Å². The summed E-state index contributed by atoms with van der Waals surface area (Å²) in [6.07, 6.45) is 0.419. The van der Waals surface area contributed by atoms with Crippen molar-refractivity contribution in [3.63, 3.8) is 0 Å². The zero-order valence-electron chi connectivity index (χ0n) is 17.3. The minimum atomic E-state index is -0.466. The van der Waals surface area contributed by atoms with Crippen molar-refractivity contribution < 1.29 is 19.4 Å². The van der Waals surface area contributed by atoms with Crippen LogP contribution >= 0.6 is 0 Å². The number of carbonyl (C=O) groups excluding carboxylic acids is 1. The number of hydrogen-bond donors (Lipinski definition) is 2. The van der Waals surface area contributed by atoms with Crippen LogP contribution in [-0.2, 0) is 0 Å². The highest BCUT2D eigenvalue weighted by atomic mass is 16.5. The molecule has 7 heteroatoms. The molecule has 0 spiro atoms. The summed E-state index contributed by atoms with van der Waals surface area (Å²) in [5, 5.41) is 19.3. The van der Waals surface area contributed by atoms with Gasteiger partial charge in [-0.1, -0.05) is 36.4 Å². The number of methoxy groups -OCH3 is 2. The van der Waals surface area contributed by atoms with Crippen LogP contribution in [0, 0.1) is 0 Å². The number of amides is 2. The number of carbonyl (C=O) groups is 1. The van der Waals surface area contributed by atoms with Crippen LogP contribution in [0.3, 0.4) is 0 Å². The van der Waals surface area contributed by atoms with E-state index in [-0.39, 0.29) is 11.8 Å². The number of hydrogen-bond acceptors (Lipinski definition) is 5. The number of ether oxygens (including phenoxy) is 2. The number of phenols is 1. The van der Waals surface area contributed by atoms with E-state index in [1.54, 1.807) is 50.6 Å². The summed E-state index contributed by atoms with van der Waals surface area (Å²) in [5.74, 6) is 1.37. The van der Waals surface area contributed by atoms with Gasteiger partial charge in [0.05, 0.1) is 26.0 Å². The second-order valence-corrected chi connectivity index (χ2v) is 7.03. The summed E-state index contributed by atoms with van der Waals surface area (Å²) in [6.45, 7) is 0. The maximum Gasteiger partial charge on any atom is 0.342 e. The molecule has 31 heavy (non-hydrogen) atoms. The minimum absolute atomic E-state index is 0.114. The lowest BCUT2D eigenvalue weighted by Gasteiger charge is -2.23. The fraction of sp³-hybridized carbons (Fsp3) is 0.167. The molecule has 0 saturated heterocycles. The number of aromatic hydroxyl groups is 1. The number of hydrazone groups is 1. The van der Waals surface area contributed by atoms with Crippen LogP contribution in [-0.4, -0.2) is 36.1 Å². The topological polar surface area (TPSA) is 83.4 Å². The van der Waals surface area contributed by atoms with E-state index in [2.05, 4.69) is 10.4 Å². The third-order valence-corrected chi connectivity index (χ3v) is 5.16. The minimum Gasteiger partial charge on any atom is -0.508 e. The van der Waals surface area contributed by atoms with Gasteiger partial charge >= 0.3 is 6.03 Å². The molecule has 3 aromatic carbocycles. The third kappa shape index (κ3) is 4.16. The third-order valence-electron chi connectivity index (χ3n) is 5.16. The van der Waals surface area contributed by atoms with Crippen molar-refractivity contribution in [2.24, 2.45) is 5.10 Å². The number of urea groups is 1. The van der Waals surface area contributed by atoms with Gasteiger partial charge in [0.1, 0.15) is 17.2 Å². The molecule has 2 N–H and O–H groups in total. The molecule has 158 valence electrons. The van der Waals surface area contributed by atoms with Crippen molar-refractivity contribution in [3.05, 3.63) is 83.9 Å². The molecule has 4 rings (SSSR count). The first-order chi connectivity index (χ1) is 15.1. The van der Waals surface area contributed by atoms with Crippen LogP contribution in [0.25, 0.3) is 0 Å². The maximum absolute atomic E-state index is 13.1. The van der Waals surface area contributed by atoms with Gasteiger partial charge in [0.25, 0.3) is 0 Å². The number of nitrogens with zero attached hydrogens (tertiary/aromatic N) is 2. The van der Waals surface area contributed by atoms with Crippen molar-refractivity contribution >= 4 is 17.4 Å². The lowest BCUT2D eigenvalue weighted by Crippen LogP contribution is -2.31. The van der Waals surface area contributed by atoms with Gasteiger partial charge in [-0.25, -0.2) is 9.80 Å². The summed E-state index contributed by atoms with van der Waals surface area (Å²) in [5.41, 5.74) is 2.72. The zero-order valence-corrected chi connectivity index (χ0v) is 17.3. The second kappa shape index (κ2) is 8.79. The molecule has 1 aliphatic rings. The molecule has 0 radical (unpaired) electrons. The van der Waals surface area contributed by atoms with Crippen molar-refractivity contribution in [1.29, 1.82) is 0 Å². The summed E-state index contributed by atoms with van der Waals surface area (Å²) >= 11 is 0. The lowest BCUT2D eigenvalue weighted by molar-refractivity contribution is 0.199. The standard InChI is InChI=1S/C24H23N3O4/c1-30-17-12-13-18(23(14-17)31-2)20-15-21(19-10-6-7-11-22(19)28)27(26-20)24(29)25-16-8-4-3-5-9-16/h3-14,21,28H,15H2,1-2H3,(H,25,29)/t21-/m1/s1. The average molecular weight is 417 g/mol. The van der Waals surface area contributed by atoms with E-state index in [4.69, 9.17) is 9.47 Å². The highest BCUT2D eigenvalue weighted by Crippen LogP contribution is 2.39. The molecule has 0 saturated carbocycles. The molecule has 0 bridgehead atoms. The number of benzene rings is 3. The van der Waals surface area contributed by atoms with Gasteiger partial charge < -0.3 is 19.9 Å². The first-order valence-corrected chi connectivity index (χ1v) is 9.83. The molecule has 3 aromatic rings. The van der Waals surface area contributed by atoms with Crippen molar-refractivity contribution in [3.8, 4) is 17.2 Å². The fourth-order valence-corrected chi connectivity index (χ4v) is 3.61. The summed E-state index contributed by atoms with van der Waals surface area (Å²) in [6, 6.07) is 20.8. The molecule has 0 unspecified atom stereocenters. The Morgan fingerprint density at radius 1 is 1.03 bits per heavy atom. The molecule has 0 fully saturated rings. The van der Waals surface area contributed by atoms with E-state index < -0.39 is 6.04 Å². The fourth-order valence-electron chi connectivity index (χ4n) is 3.61. The first-order valence-electron chi connectivity index (χ1n) is 9.83. The SMILES string of the molecule is COc1ccc(C2=NN(C(=O)Nc3ccccc3)[C@@H](c3ccccc3O)C2)c(OC)c1. The van der Waals surface area contributed by atoms with E-state index >= 15 is 0 Å². The first kappa shape index (κ1) is 20.3. The van der Waals surface area contributed by atoms with Crippen LogP contribution in [0.15, 0.2) is 77.9 Å². The van der Waals surface area contributed by atoms with Gasteiger partial charge in [-0.2, -0.15) is 5.10 Å². The van der Waals surface area contributed by atoms with Crippen LogP contribution in [0.1, 0.15) is 23.6 Å². The summed E-state index contributed by atoms with van der Waals surface area (Å²) in [4.78, 5) is 13.1. The van der Waals surface area contributed by atoms with Crippen molar-refractivity contribution in [2.45, 2.75) is 12.5 Å². The van der Waals surface area contributed by atoms with Gasteiger partial charge in [-0.15, -0.1) is 0 Å². The molecule has 0 aliphatic carbocycles. The Kier molecular flexibility index (Phi) is 5.75. The van der Waals surface area contributed by atoms with Crippen LogP contribution in [0.4, 0.5) is 10.5 Å². The molecule has 0 aromatic heterocycles. The normalized spacial score (nSPS) is 15.4. The molecule has 1 aliphatic heterocycles. The van der Waals surface area contributed by atoms with Gasteiger partial charge in [0.15, 0.2) is 0 Å². The monoisotopic (exact) mass is 417 g/mol. The lowest BCUT2D eigenvalue weighted by atomic mass is 9.97. The molecule has 1 heterocycles. The maximum atomic E-state index is 13.1. The Morgan fingerprint density at radius 3 is 2.48 bits per heavy atom. The van der Waals surface area contributed by atoms with E-state index in [1.807, 2.05) is 36.4 Å². The van der Waals surface area contributed by atoms with E-state index in [0.29, 0.717) is 34.9 Å². The number of para-hydroxylation sites is 2. The predicted molar refractivity (Wildman–Crippen MR) is 119 cm³/mol. The van der Waals surface area contributed by atoms with Crippen molar-refractivity contribution in [2.75, 3.05) is 19.5 Å². The van der Waals surface area contributed by atoms with Gasteiger partial charge in [0.2, 0.25) is 0 Å².